The van der Waals surface area contributed by atoms with Gasteiger partial charge in [0.25, 0.3) is 0 Å². The summed E-state index contributed by atoms with van der Waals surface area (Å²) in [6, 6.07) is 9.83. The summed E-state index contributed by atoms with van der Waals surface area (Å²) in [4.78, 5) is 12.1. The number of H-pyrrole nitrogens is 1. The molecule has 0 atom stereocenters. The number of nitrogens with one attached hydrogen (secondary N) is 1. The molecule has 0 fully saturated rings. The second kappa shape index (κ2) is 5.09. The van der Waals surface area contributed by atoms with Crippen molar-refractivity contribution in [3.05, 3.63) is 38.4 Å². The van der Waals surface area contributed by atoms with Crippen molar-refractivity contribution in [2.45, 2.75) is 0 Å². The van der Waals surface area contributed by atoms with Crippen LogP contribution in [0.25, 0.3) is 22.6 Å². The van der Waals surface area contributed by atoms with E-state index in [0.717, 1.165) is 24.9 Å². The van der Waals surface area contributed by atoms with Crippen LogP contribution in [0.4, 0.5) is 0 Å². The number of ether oxygens (including phenoxy) is 1. The van der Waals surface area contributed by atoms with Crippen LogP contribution >= 0.6 is 38.5 Å². The zero-order chi connectivity index (χ0) is 13.4. The average molecular weight is 430 g/mol. The van der Waals surface area contributed by atoms with E-state index >= 15 is 0 Å². The number of hydrogen-bond donors (Lipinski definition) is 1. The fraction of sp³-hybridized carbons (Fsp3) is 0.0769. The van der Waals surface area contributed by atoms with Gasteiger partial charge in [0.1, 0.15) is 5.82 Å². The Morgan fingerprint density at radius 3 is 2.84 bits per heavy atom. The Kier molecular flexibility index (Phi) is 3.44. The van der Waals surface area contributed by atoms with Gasteiger partial charge in [-0.1, -0.05) is 15.9 Å². The monoisotopic (exact) mass is 429 g/mol. The molecule has 0 aliphatic heterocycles. The lowest BCUT2D eigenvalue weighted by molar-refractivity contribution is 0.399. The SMILES string of the molecule is COc1ccc2[nH]c(-c3cc(Br)ccc3I)nc2n1. The van der Waals surface area contributed by atoms with E-state index in [2.05, 4.69) is 53.5 Å². The van der Waals surface area contributed by atoms with Crippen LogP contribution in [0.3, 0.4) is 0 Å². The van der Waals surface area contributed by atoms with Crippen molar-refractivity contribution in [3.8, 4) is 17.3 Å². The predicted molar refractivity (Wildman–Crippen MR) is 86.3 cm³/mol. The van der Waals surface area contributed by atoms with E-state index in [1.807, 2.05) is 30.3 Å². The molecule has 0 unspecified atom stereocenters. The third kappa shape index (κ3) is 2.46. The Morgan fingerprint density at radius 2 is 2.05 bits per heavy atom. The van der Waals surface area contributed by atoms with Crippen LogP contribution in [0.5, 0.6) is 5.88 Å². The predicted octanol–water partition coefficient (Wildman–Crippen LogP) is 4.00. The smallest absolute Gasteiger partial charge is 0.215 e. The maximum atomic E-state index is 5.11. The van der Waals surface area contributed by atoms with Gasteiger partial charge in [0.15, 0.2) is 5.65 Å². The molecular weight excluding hydrogens is 421 g/mol. The molecule has 3 rings (SSSR count). The summed E-state index contributed by atoms with van der Waals surface area (Å²) in [5, 5.41) is 0. The summed E-state index contributed by atoms with van der Waals surface area (Å²) in [7, 11) is 1.60. The van der Waals surface area contributed by atoms with Crippen LogP contribution in [0.1, 0.15) is 0 Å². The third-order valence-electron chi connectivity index (χ3n) is 2.71. The molecule has 6 heteroatoms. The first kappa shape index (κ1) is 12.9. The van der Waals surface area contributed by atoms with Gasteiger partial charge in [-0.25, -0.2) is 4.98 Å². The first-order chi connectivity index (χ1) is 9.17. The zero-order valence-electron chi connectivity index (χ0n) is 9.95. The fourth-order valence-corrected chi connectivity index (χ4v) is 2.75. The molecule has 0 aliphatic carbocycles. The first-order valence-electron chi connectivity index (χ1n) is 5.53. The normalized spacial score (nSPS) is 10.9. The van der Waals surface area contributed by atoms with Gasteiger partial charge in [0.2, 0.25) is 5.88 Å². The largest absolute Gasteiger partial charge is 0.481 e. The van der Waals surface area contributed by atoms with Crippen molar-refractivity contribution < 1.29 is 4.74 Å². The molecule has 3 aromatic rings. The second-order valence-electron chi connectivity index (χ2n) is 3.93. The van der Waals surface area contributed by atoms with E-state index in [1.165, 1.54) is 0 Å². The van der Waals surface area contributed by atoms with Crippen molar-refractivity contribution in [1.29, 1.82) is 0 Å². The molecular formula is C13H9BrIN3O. The molecule has 0 saturated heterocycles. The van der Waals surface area contributed by atoms with Crippen LogP contribution < -0.4 is 4.74 Å². The lowest BCUT2D eigenvalue weighted by Crippen LogP contribution is -1.87. The van der Waals surface area contributed by atoms with Crippen LogP contribution in [0.15, 0.2) is 34.8 Å². The highest BCUT2D eigenvalue weighted by molar-refractivity contribution is 14.1. The fourth-order valence-electron chi connectivity index (χ4n) is 1.80. The van der Waals surface area contributed by atoms with E-state index in [-0.39, 0.29) is 0 Å². The molecule has 2 aromatic heterocycles. The Morgan fingerprint density at radius 1 is 1.21 bits per heavy atom. The Bertz CT molecular complexity index is 757. The number of nitrogens with zero attached hydrogens (tertiary/aromatic N) is 2. The zero-order valence-corrected chi connectivity index (χ0v) is 13.7. The van der Waals surface area contributed by atoms with Crippen molar-refractivity contribution in [1.82, 2.24) is 15.0 Å². The minimum Gasteiger partial charge on any atom is -0.481 e. The van der Waals surface area contributed by atoms with E-state index in [1.54, 1.807) is 7.11 Å². The summed E-state index contributed by atoms with van der Waals surface area (Å²) in [6.45, 7) is 0. The van der Waals surface area contributed by atoms with Gasteiger partial charge in [0.05, 0.1) is 12.6 Å². The molecule has 0 aliphatic rings. The number of aromatic amines is 1. The third-order valence-corrected chi connectivity index (χ3v) is 4.15. The van der Waals surface area contributed by atoms with Crippen LogP contribution in [-0.2, 0) is 0 Å². The summed E-state index contributed by atoms with van der Waals surface area (Å²) < 4.78 is 7.26. The molecule has 0 spiro atoms. The van der Waals surface area contributed by atoms with Gasteiger partial charge in [-0.05, 0) is 46.9 Å². The van der Waals surface area contributed by atoms with E-state index in [4.69, 9.17) is 4.74 Å². The van der Waals surface area contributed by atoms with Gasteiger partial charge < -0.3 is 9.72 Å². The standard InChI is InChI=1S/C13H9BrIN3O/c1-19-11-5-4-10-13(17-11)18-12(16-10)8-6-7(14)2-3-9(8)15/h2-6H,1H3,(H,16,17,18). The molecule has 0 saturated carbocycles. The summed E-state index contributed by atoms with van der Waals surface area (Å²) >= 11 is 5.77. The van der Waals surface area contributed by atoms with Gasteiger partial charge in [-0.15, -0.1) is 0 Å². The molecule has 19 heavy (non-hydrogen) atoms. The van der Waals surface area contributed by atoms with E-state index < -0.39 is 0 Å². The number of imidazole rings is 1. The van der Waals surface area contributed by atoms with Crippen molar-refractivity contribution >= 4 is 49.7 Å². The summed E-state index contributed by atoms with van der Waals surface area (Å²) in [5.41, 5.74) is 2.60. The first-order valence-corrected chi connectivity index (χ1v) is 7.41. The number of rotatable bonds is 2. The van der Waals surface area contributed by atoms with Gasteiger partial charge >= 0.3 is 0 Å². The molecule has 1 aromatic carbocycles. The average Bonchev–Trinajstić information content (AvgIpc) is 2.83. The molecule has 2 heterocycles. The van der Waals surface area contributed by atoms with Crippen LogP contribution in [0, 0.1) is 3.57 Å². The van der Waals surface area contributed by atoms with Crippen molar-refractivity contribution in [2.24, 2.45) is 0 Å². The number of methoxy groups -OCH3 is 1. The van der Waals surface area contributed by atoms with Crippen molar-refractivity contribution in [3.63, 3.8) is 0 Å². The minimum atomic E-state index is 0.564. The molecule has 0 radical (unpaired) electrons. The maximum absolute atomic E-state index is 5.11. The number of hydrogen-bond acceptors (Lipinski definition) is 3. The van der Waals surface area contributed by atoms with E-state index in [0.29, 0.717) is 11.5 Å². The number of halogens is 2. The van der Waals surface area contributed by atoms with Crippen LogP contribution in [-0.4, -0.2) is 22.1 Å². The Balaban J connectivity index is 2.17. The number of aromatic nitrogens is 3. The quantitative estimate of drug-likeness (QED) is 0.626. The topological polar surface area (TPSA) is 50.8 Å². The molecule has 96 valence electrons. The van der Waals surface area contributed by atoms with E-state index in [9.17, 15) is 0 Å². The molecule has 1 N–H and O–H groups in total. The van der Waals surface area contributed by atoms with Crippen LogP contribution in [0.2, 0.25) is 0 Å². The minimum absolute atomic E-state index is 0.564. The van der Waals surface area contributed by atoms with Gasteiger partial charge in [-0.3, -0.25) is 0 Å². The Hall–Kier alpha value is -1.15. The van der Waals surface area contributed by atoms with Gasteiger partial charge in [0, 0.05) is 19.7 Å². The second-order valence-corrected chi connectivity index (χ2v) is 6.01. The lowest BCUT2D eigenvalue weighted by atomic mass is 10.2. The summed E-state index contributed by atoms with van der Waals surface area (Å²) in [5.74, 6) is 1.37. The number of fused-ring (bicyclic) bond motifs is 1. The summed E-state index contributed by atoms with van der Waals surface area (Å²) in [6.07, 6.45) is 0. The van der Waals surface area contributed by atoms with Crippen molar-refractivity contribution in [2.75, 3.05) is 7.11 Å². The van der Waals surface area contributed by atoms with Gasteiger partial charge in [-0.2, -0.15) is 4.98 Å². The number of pyridine rings is 1. The maximum Gasteiger partial charge on any atom is 0.215 e. The lowest BCUT2D eigenvalue weighted by Gasteiger charge is -2.01. The highest BCUT2D eigenvalue weighted by atomic mass is 127. The molecule has 0 bridgehead atoms. The molecule has 0 amide bonds. The Labute approximate surface area is 131 Å². The highest BCUT2D eigenvalue weighted by Gasteiger charge is 2.10. The number of benzene rings is 1. The highest BCUT2D eigenvalue weighted by Crippen LogP contribution is 2.28. The molecule has 4 nitrogen and oxygen atoms in total.